The third-order valence-electron chi connectivity index (χ3n) is 2.59. The number of rotatable bonds is 7. The Hall–Kier alpha value is -0.320. The molecular formula is C10H20O8. The lowest BCUT2D eigenvalue weighted by atomic mass is 9.99. The largest absolute Gasteiger partial charge is 0.394 e. The summed E-state index contributed by atoms with van der Waals surface area (Å²) in [6.45, 7) is -0.137. The van der Waals surface area contributed by atoms with Crippen molar-refractivity contribution in [3.63, 3.8) is 0 Å². The standard InChI is InChI=1S/C10H20O8/c11-1-2-16-3-4-17-10-9(15)8(14)7(13)6(5-12)18-10/h6-15H,1-5H2/t6-,7-,8+,9+,10+/m1/s1. The molecule has 1 fully saturated rings. The first kappa shape index (κ1) is 15.7. The van der Waals surface area contributed by atoms with Gasteiger partial charge in [0.2, 0.25) is 0 Å². The lowest BCUT2D eigenvalue weighted by molar-refractivity contribution is -0.302. The summed E-state index contributed by atoms with van der Waals surface area (Å²) in [4.78, 5) is 0. The van der Waals surface area contributed by atoms with E-state index in [1.807, 2.05) is 0 Å². The first-order valence-corrected chi connectivity index (χ1v) is 5.72. The van der Waals surface area contributed by atoms with E-state index in [-0.39, 0.29) is 26.4 Å². The van der Waals surface area contributed by atoms with Crippen molar-refractivity contribution < 1.29 is 39.7 Å². The zero-order valence-electron chi connectivity index (χ0n) is 9.88. The van der Waals surface area contributed by atoms with Crippen LogP contribution in [0.5, 0.6) is 0 Å². The van der Waals surface area contributed by atoms with Crippen molar-refractivity contribution in [2.24, 2.45) is 0 Å². The zero-order chi connectivity index (χ0) is 13.5. The van der Waals surface area contributed by atoms with Crippen LogP contribution in [-0.4, -0.2) is 89.3 Å². The molecule has 0 amide bonds. The molecule has 1 aliphatic rings. The summed E-state index contributed by atoms with van der Waals surface area (Å²) >= 11 is 0. The molecule has 0 saturated carbocycles. The van der Waals surface area contributed by atoms with Crippen LogP contribution in [0, 0.1) is 0 Å². The Bertz CT molecular complexity index is 224. The van der Waals surface area contributed by atoms with E-state index in [4.69, 9.17) is 24.4 Å². The molecule has 1 rings (SSSR count). The van der Waals surface area contributed by atoms with Crippen molar-refractivity contribution in [1.29, 1.82) is 0 Å². The van der Waals surface area contributed by atoms with Crippen molar-refractivity contribution >= 4 is 0 Å². The maximum absolute atomic E-state index is 9.60. The van der Waals surface area contributed by atoms with E-state index in [2.05, 4.69) is 0 Å². The average molecular weight is 268 g/mol. The van der Waals surface area contributed by atoms with Gasteiger partial charge in [-0.3, -0.25) is 0 Å². The molecule has 108 valence electrons. The fraction of sp³-hybridized carbons (Fsp3) is 1.00. The van der Waals surface area contributed by atoms with Gasteiger partial charge >= 0.3 is 0 Å². The lowest BCUT2D eigenvalue weighted by Crippen LogP contribution is -2.59. The highest BCUT2D eigenvalue weighted by Crippen LogP contribution is 2.21. The minimum Gasteiger partial charge on any atom is -0.394 e. The van der Waals surface area contributed by atoms with Gasteiger partial charge < -0.3 is 39.7 Å². The highest BCUT2D eigenvalue weighted by atomic mass is 16.7. The third-order valence-corrected chi connectivity index (χ3v) is 2.59. The van der Waals surface area contributed by atoms with E-state index < -0.39 is 37.3 Å². The van der Waals surface area contributed by atoms with Crippen LogP contribution in [0.25, 0.3) is 0 Å². The van der Waals surface area contributed by atoms with Crippen molar-refractivity contribution in [1.82, 2.24) is 0 Å². The summed E-state index contributed by atoms with van der Waals surface area (Å²) in [5.41, 5.74) is 0. The first-order valence-electron chi connectivity index (χ1n) is 5.72. The highest BCUT2D eigenvalue weighted by molar-refractivity contribution is 4.88. The van der Waals surface area contributed by atoms with Crippen LogP contribution in [0.2, 0.25) is 0 Å². The van der Waals surface area contributed by atoms with Gasteiger partial charge in [-0.2, -0.15) is 0 Å². The molecule has 5 atom stereocenters. The molecule has 0 aromatic carbocycles. The van der Waals surface area contributed by atoms with Crippen molar-refractivity contribution in [3.8, 4) is 0 Å². The Balaban J connectivity index is 2.35. The monoisotopic (exact) mass is 268 g/mol. The summed E-state index contributed by atoms with van der Waals surface area (Å²) in [6.07, 6.45) is -6.36. The molecule has 0 radical (unpaired) electrons. The maximum Gasteiger partial charge on any atom is 0.186 e. The summed E-state index contributed by atoms with van der Waals surface area (Å²) < 4.78 is 15.2. The van der Waals surface area contributed by atoms with E-state index >= 15 is 0 Å². The molecule has 1 saturated heterocycles. The number of aliphatic hydroxyl groups is 5. The van der Waals surface area contributed by atoms with Crippen LogP contribution in [-0.2, 0) is 14.2 Å². The van der Waals surface area contributed by atoms with Gasteiger partial charge in [-0.05, 0) is 0 Å². The molecule has 5 N–H and O–H groups in total. The minimum atomic E-state index is -1.45. The third kappa shape index (κ3) is 4.11. The summed E-state index contributed by atoms with van der Waals surface area (Å²) in [5, 5.41) is 46.0. The minimum absolute atomic E-state index is 0.0860. The molecule has 0 aromatic heterocycles. The van der Waals surface area contributed by atoms with Crippen LogP contribution in [0.1, 0.15) is 0 Å². The van der Waals surface area contributed by atoms with E-state index in [0.717, 1.165) is 0 Å². The van der Waals surface area contributed by atoms with Crippen molar-refractivity contribution in [2.45, 2.75) is 30.7 Å². The molecule has 0 bridgehead atoms. The SMILES string of the molecule is OCCOCCO[C@H]1O[C@H](CO)[C@@H](O)[C@H](O)[C@@H]1O. The summed E-state index contributed by atoms with van der Waals surface area (Å²) in [7, 11) is 0. The molecule has 18 heavy (non-hydrogen) atoms. The number of hydrogen-bond acceptors (Lipinski definition) is 8. The Labute approximate surface area is 104 Å². The predicted octanol–water partition coefficient (Wildman–Crippen LogP) is -3.19. The van der Waals surface area contributed by atoms with Crippen LogP contribution in [0.15, 0.2) is 0 Å². The second kappa shape index (κ2) is 7.97. The van der Waals surface area contributed by atoms with Crippen molar-refractivity contribution in [3.05, 3.63) is 0 Å². The van der Waals surface area contributed by atoms with E-state index in [0.29, 0.717) is 0 Å². The quantitative estimate of drug-likeness (QED) is 0.306. The van der Waals surface area contributed by atoms with Crippen LogP contribution < -0.4 is 0 Å². The predicted molar refractivity (Wildman–Crippen MR) is 57.6 cm³/mol. The molecule has 1 aliphatic heterocycles. The van der Waals surface area contributed by atoms with Gasteiger partial charge in [0.15, 0.2) is 6.29 Å². The molecule has 8 nitrogen and oxygen atoms in total. The molecular weight excluding hydrogens is 248 g/mol. The van der Waals surface area contributed by atoms with Gasteiger partial charge in [0.05, 0.1) is 33.0 Å². The summed E-state index contributed by atoms with van der Waals surface area (Å²) in [5.74, 6) is 0. The molecule has 8 heteroatoms. The fourth-order valence-corrected chi connectivity index (χ4v) is 1.59. The topological polar surface area (TPSA) is 129 Å². The van der Waals surface area contributed by atoms with E-state index in [9.17, 15) is 15.3 Å². The Morgan fingerprint density at radius 2 is 1.61 bits per heavy atom. The molecule has 0 spiro atoms. The van der Waals surface area contributed by atoms with Gasteiger partial charge in [-0.15, -0.1) is 0 Å². The number of aliphatic hydroxyl groups excluding tert-OH is 5. The second-order valence-corrected chi connectivity index (χ2v) is 3.90. The summed E-state index contributed by atoms with van der Waals surface area (Å²) in [6, 6.07) is 0. The first-order chi connectivity index (χ1) is 8.61. The normalized spacial score (nSPS) is 36.8. The van der Waals surface area contributed by atoms with E-state index in [1.54, 1.807) is 0 Å². The van der Waals surface area contributed by atoms with Crippen molar-refractivity contribution in [2.75, 3.05) is 33.0 Å². The number of hydrogen-bond donors (Lipinski definition) is 5. The van der Waals surface area contributed by atoms with E-state index in [1.165, 1.54) is 0 Å². The number of ether oxygens (including phenoxy) is 3. The second-order valence-electron chi connectivity index (χ2n) is 3.90. The molecule has 0 aromatic rings. The molecule has 1 heterocycles. The van der Waals surface area contributed by atoms with Crippen LogP contribution >= 0.6 is 0 Å². The Kier molecular flexibility index (Phi) is 6.97. The van der Waals surface area contributed by atoms with Crippen LogP contribution in [0.3, 0.4) is 0 Å². The van der Waals surface area contributed by atoms with Crippen LogP contribution in [0.4, 0.5) is 0 Å². The molecule has 0 unspecified atom stereocenters. The van der Waals surface area contributed by atoms with Gasteiger partial charge in [0.25, 0.3) is 0 Å². The fourth-order valence-electron chi connectivity index (χ4n) is 1.59. The highest BCUT2D eigenvalue weighted by Gasteiger charge is 2.43. The van der Waals surface area contributed by atoms with Gasteiger partial charge in [0, 0.05) is 0 Å². The Morgan fingerprint density at radius 3 is 2.22 bits per heavy atom. The maximum atomic E-state index is 9.60. The smallest absolute Gasteiger partial charge is 0.186 e. The molecule has 0 aliphatic carbocycles. The van der Waals surface area contributed by atoms with Gasteiger partial charge in [0.1, 0.15) is 24.4 Å². The van der Waals surface area contributed by atoms with Gasteiger partial charge in [-0.1, -0.05) is 0 Å². The average Bonchev–Trinajstić information content (AvgIpc) is 2.38. The lowest BCUT2D eigenvalue weighted by Gasteiger charge is -2.39. The van der Waals surface area contributed by atoms with Gasteiger partial charge in [-0.25, -0.2) is 0 Å². The zero-order valence-corrected chi connectivity index (χ0v) is 9.88. The Morgan fingerprint density at radius 1 is 0.889 bits per heavy atom.